The molecule has 2 atom stereocenters. The molecule has 0 radical (unpaired) electrons. The van der Waals surface area contributed by atoms with Gasteiger partial charge in [0.05, 0.1) is 23.1 Å². The third kappa shape index (κ3) is 9.47. The van der Waals surface area contributed by atoms with Gasteiger partial charge in [0.1, 0.15) is 29.6 Å². The number of likely N-dealkylation sites (tertiary alicyclic amines) is 1. The number of aromatic nitrogens is 4. The van der Waals surface area contributed by atoms with Crippen molar-refractivity contribution in [2.24, 2.45) is 10.2 Å². The van der Waals surface area contributed by atoms with Gasteiger partial charge in [0.15, 0.2) is 11.2 Å². The van der Waals surface area contributed by atoms with Crippen molar-refractivity contribution in [3.63, 3.8) is 0 Å². The first kappa shape index (κ1) is 42.2. The summed E-state index contributed by atoms with van der Waals surface area (Å²) in [6.45, 7) is 2.77. The maximum atomic E-state index is 13.6. The number of carbonyl (C=O) groups excluding carboxylic acids is 2. The molecule has 3 N–H and O–H groups in total. The average molecular weight is 889 g/mol. The van der Waals surface area contributed by atoms with Crippen LogP contribution in [-0.4, -0.2) is 85.1 Å². The average Bonchev–Trinajstić information content (AvgIpc) is 4.10. The normalized spacial score (nSPS) is 17.4. The fourth-order valence-corrected chi connectivity index (χ4v) is 7.55. The summed E-state index contributed by atoms with van der Waals surface area (Å²) in [5, 5.41) is 13.7. The van der Waals surface area contributed by atoms with Gasteiger partial charge in [0, 0.05) is 76.0 Å². The zero-order valence-electron chi connectivity index (χ0n) is 34.0. The van der Waals surface area contributed by atoms with Gasteiger partial charge in [0.2, 0.25) is 0 Å². The number of hydrazone groups is 2. The van der Waals surface area contributed by atoms with E-state index in [0.29, 0.717) is 53.7 Å². The Morgan fingerprint density at radius 1 is 0.646 bits per heavy atom. The lowest BCUT2D eigenvalue weighted by Crippen LogP contribution is -2.49. The molecular formula is C45H36F4N10O6. The van der Waals surface area contributed by atoms with E-state index in [0.717, 1.165) is 47.4 Å². The van der Waals surface area contributed by atoms with Crippen LogP contribution in [0.25, 0.3) is 34.4 Å². The predicted molar refractivity (Wildman–Crippen MR) is 231 cm³/mol. The van der Waals surface area contributed by atoms with E-state index in [9.17, 15) is 36.7 Å². The molecule has 11 rings (SSSR count). The quantitative estimate of drug-likeness (QED) is 0.153. The molecule has 4 aliphatic rings. The minimum absolute atomic E-state index is 0.315. The molecule has 2 saturated heterocycles. The van der Waals surface area contributed by atoms with Gasteiger partial charge in [-0.05, 0) is 81.9 Å². The number of nitrogens with zero attached hydrogens (tertiary/aromatic N) is 7. The lowest BCUT2D eigenvalue weighted by molar-refractivity contribution is 0.136. The van der Waals surface area contributed by atoms with Gasteiger partial charge in [0.25, 0.3) is 0 Å². The lowest BCUT2D eigenvalue weighted by Gasteiger charge is -2.37. The monoisotopic (exact) mass is 888 g/mol. The standard InChI is InChI=1S/C21H16F2N4O3.C13H10F2N4O.C11H10N2O2/c22-15-7-14(8-16(23)9-15)18-3-4-24-27(18)21(29)26-10-13(11-26)5-12-1-2-19-17(6-12)25-20(28)30-19;14-10-5-9(6-11(15)7-10)12-1-2-17-19(12)13(20)18-4-3-16-8-18;14-11-13-9-4-7(1-2-10(9)15-11)3-8-5-12-6-8/h1-2,4-9,18H,3,10-11H2,(H,25,28);2-8,12H,1H2;1-4,12H,5-6H2,(H,13,14)/t18-;12-;/m00./s1. The van der Waals surface area contributed by atoms with Crippen LogP contribution in [0.15, 0.2) is 131 Å². The highest BCUT2D eigenvalue weighted by atomic mass is 19.1. The van der Waals surface area contributed by atoms with Crippen molar-refractivity contribution in [3.8, 4) is 0 Å². The zero-order chi connectivity index (χ0) is 45.2. The molecule has 2 fully saturated rings. The summed E-state index contributed by atoms with van der Waals surface area (Å²) >= 11 is 0. The number of H-pyrrole nitrogens is 2. The summed E-state index contributed by atoms with van der Waals surface area (Å²) < 4.78 is 64.9. The van der Waals surface area contributed by atoms with E-state index < -0.39 is 52.9 Å². The van der Waals surface area contributed by atoms with E-state index in [4.69, 9.17) is 8.83 Å². The van der Waals surface area contributed by atoms with Crippen molar-refractivity contribution in [1.82, 2.24) is 39.8 Å². The summed E-state index contributed by atoms with van der Waals surface area (Å²) in [5.74, 6) is -3.64. The Bertz CT molecular complexity index is 3130. The first-order valence-electron chi connectivity index (χ1n) is 20.1. The second-order valence-corrected chi connectivity index (χ2v) is 15.3. The molecule has 0 bridgehead atoms. The van der Waals surface area contributed by atoms with Crippen LogP contribution < -0.4 is 16.8 Å². The number of hydrogen-bond acceptors (Lipinski definition) is 10. The number of carbonyl (C=O) groups is 2. The van der Waals surface area contributed by atoms with E-state index in [1.807, 2.05) is 30.3 Å². The van der Waals surface area contributed by atoms with Crippen molar-refractivity contribution in [3.05, 3.63) is 169 Å². The van der Waals surface area contributed by atoms with Crippen molar-refractivity contribution in [2.75, 3.05) is 26.2 Å². The highest BCUT2D eigenvalue weighted by molar-refractivity contribution is 5.82. The molecule has 330 valence electrons. The minimum atomic E-state index is -0.686. The van der Waals surface area contributed by atoms with E-state index >= 15 is 0 Å². The molecular weight excluding hydrogens is 853 g/mol. The summed E-state index contributed by atoms with van der Waals surface area (Å²) in [6, 6.07) is 15.7. The third-order valence-electron chi connectivity index (χ3n) is 10.7. The molecule has 16 nitrogen and oxygen atoms in total. The molecule has 3 aromatic heterocycles. The van der Waals surface area contributed by atoms with Crippen LogP contribution >= 0.6 is 0 Å². The second kappa shape index (κ2) is 17.9. The molecule has 4 aromatic carbocycles. The summed E-state index contributed by atoms with van der Waals surface area (Å²) in [5.41, 5.74) is 7.58. The maximum Gasteiger partial charge on any atom is 0.417 e. The van der Waals surface area contributed by atoms with E-state index in [1.165, 1.54) is 63.1 Å². The van der Waals surface area contributed by atoms with Gasteiger partial charge < -0.3 is 19.1 Å². The van der Waals surface area contributed by atoms with Crippen LogP contribution in [0, 0.1) is 23.3 Å². The molecule has 4 aliphatic heterocycles. The van der Waals surface area contributed by atoms with Crippen LogP contribution in [-0.2, 0) is 0 Å². The number of aromatic amines is 2. The Hall–Kier alpha value is -8.13. The van der Waals surface area contributed by atoms with Gasteiger partial charge in [-0.15, -0.1) is 0 Å². The fourth-order valence-electron chi connectivity index (χ4n) is 7.55. The van der Waals surface area contributed by atoms with Gasteiger partial charge in [-0.3, -0.25) is 14.5 Å². The number of amides is 3. The first-order chi connectivity index (χ1) is 31.4. The molecule has 7 aromatic rings. The number of halogens is 4. The van der Waals surface area contributed by atoms with Crippen molar-refractivity contribution < 1.29 is 36.0 Å². The largest absolute Gasteiger partial charge is 0.417 e. The smallest absolute Gasteiger partial charge is 0.408 e. The van der Waals surface area contributed by atoms with Crippen LogP contribution in [0.3, 0.4) is 0 Å². The SMILES string of the molecule is O=C(N1CC(=Cc2ccc3oc(=O)[nH]c3c2)C1)N1N=CC[C@H]1c1cc(F)cc(F)c1.O=C(N1N=CC[C@H]1c1cc(F)cc(F)c1)n1ccnc1.O=c1[nH]c2cc(C=C3CNC3)ccc2o1. The minimum Gasteiger partial charge on any atom is -0.408 e. The molecule has 20 heteroatoms. The number of urea groups is 1. The number of nitrogens with one attached hydrogen (secondary N) is 3. The van der Waals surface area contributed by atoms with Gasteiger partial charge in [-0.1, -0.05) is 24.3 Å². The number of imidazole rings is 1. The summed E-state index contributed by atoms with van der Waals surface area (Å²) in [6.07, 6.45) is 12.3. The van der Waals surface area contributed by atoms with Crippen LogP contribution in [0.5, 0.6) is 0 Å². The highest BCUT2D eigenvalue weighted by Gasteiger charge is 2.36. The number of oxazole rings is 2. The Morgan fingerprint density at radius 3 is 1.60 bits per heavy atom. The number of fused-ring (bicyclic) bond motifs is 2. The first-order valence-corrected chi connectivity index (χ1v) is 20.1. The van der Waals surface area contributed by atoms with E-state index in [1.54, 1.807) is 29.5 Å². The topological polar surface area (TPSA) is 190 Å². The predicted octanol–water partition coefficient (Wildman–Crippen LogP) is 7.32. The Balaban J connectivity index is 0.000000131. The fraction of sp³-hybridized carbons (Fsp3) is 0.178. The Morgan fingerprint density at radius 2 is 1.14 bits per heavy atom. The van der Waals surface area contributed by atoms with Gasteiger partial charge in [-0.2, -0.15) is 10.2 Å². The van der Waals surface area contributed by atoms with Crippen LogP contribution in [0.1, 0.15) is 47.2 Å². The second-order valence-electron chi connectivity index (χ2n) is 15.3. The summed E-state index contributed by atoms with van der Waals surface area (Å²) in [4.78, 5) is 57.9. The van der Waals surface area contributed by atoms with Crippen LogP contribution in [0.2, 0.25) is 0 Å². The number of benzene rings is 4. The van der Waals surface area contributed by atoms with Crippen molar-refractivity contribution in [1.29, 1.82) is 0 Å². The van der Waals surface area contributed by atoms with Crippen molar-refractivity contribution in [2.45, 2.75) is 24.9 Å². The van der Waals surface area contributed by atoms with E-state index in [-0.39, 0.29) is 6.03 Å². The molecule has 0 aliphatic carbocycles. The maximum absolute atomic E-state index is 13.6. The van der Waals surface area contributed by atoms with E-state index in [2.05, 4.69) is 36.5 Å². The Kier molecular flexibility index (Phi) is 11.6. The molecule has 0 unspecified atom stereocenters. The zero-order valence-corrected chi connectivity index (χ0v) is 34.0. The molecule has 0 spiro atoms. The van der Waals surface area contributed by atoms with Gasteiger partial charge in [-0.25, -0.2) is 51.7 Å². The third-order valence-corrected chi connectivity index (χ3v) is 10.7. The van der Waals surface area contributed by atoms with Crippen molar-refractivity contribution >= 4 is 58.8 Å². The van der Waals surface area contributed by atoms with Gasteiger partial charge >= 0.3 is 23.6 Å². The van der Waals surface area contributed by atoms with Crippen LogP contribution in [0.4, 0.5) is 27.2 Å². The number of hydrogen-bond donors (Lipinski definition) is 3. The Labute approximate surface area is 364 Å². The lowest BCUT2D eigenvalue weighted by atomic mass is 10.0. The number of rotatable bonds is 4. The molecule has 7 heterocycles. The molecule has 3 amide bonds. The highest BCUT2D eigenvalue weighted by Crippen LogP contribution is 2.33. The summed E-state index contributed by atoms with van der Waals surface area (Å²) in [7, 11) is 0. The molecule has 0 saturated carbocycles. The molecule has 65 heavy (non-hydrogen) atoms.